The van der Waals surface area contributed by atoms with Crippen molar-refractivity contribution in [1.82, 2.24) is 10.2 Å². The van der Waals surface area contributed by atoms with Gasteiger partial charge in [0.05, 0.1) is 24.5 Å². The average Bonchev–Trinajstić information content (AvgIpc) is 3.39. The molecule has 3 aliphatic heterocycles. The third-order valence-corrected chi connectivity index (χ3v) is 7.72. The molecule has 4 rings (SSSR count). The number of methoxy groups -OCH3 is 1. The topological polar surface area (TPSA) is 117 Å². The second-order valence-electron chi connectivity index (χ2n) is 9.73. The van der Waals surface area contributed by atoms with Crippen molar-refractivity contribution < 1.29 is 29.0 Å². The number of unbranched alkanes of at least 4 members (excludes halogenated alkanes) is 3. The fraction of sp³-hybridized carbons (Fsp3) is 0.640. The number of aliphatic hydroxyl groups is 1. The lowest BCUT2D eigenvalue weighted by Crippen LogP contribution is -2.53. The van der Waals surface area contributed by atoms with Crippen LogP contribution >= 0.6 is 0 Å². The van der Waals surface area contributed by atoms with E-state index in [1.165, 1.54) is 0 Å². The second-order valence-corrected chi connectivity index (χ2v) is 9.73. The van der Waals surface area contributed by atoms with Gasteiger partial charge in [-0.1, -0.05) is 12.8 Å². The van der Waals surface area contributed by atoms with E-state index in [1.54, 1.807) is 43.3 Å². The maximum Gasteiger partial charge on any atom is 0.250 e. The Kier molecular flexibility index (Phi) is 6.87. The number of rotatable bonds is 10. The zero-order chi connectivity index (χ0) is 24.5. The van der Waals surface area contributed by atoms with Crippen molar-refractivity contribution >= 4 is 23.4 Å². The van der Waals surface area contributed by atoms with Crippen LogP contribution in [0.25, 0.3) is 0 Å². The monoisotopic (exact) mass is 473 g/mol. The zero-order valence-electron chi connectivity index (χ0n) is 20.1. The molecule has 3 N–H and O–H groups in total. The quantitative estimate of drug-likeness (QED) is 0.445. The van der Waals surface area contributed by atoms with Crippen molar-refractivity contribution in [3.63, 3.8) is 0 Å². The van der Waals surface area contributed by atoms with Crippen molar-refractivity contribution in [3.05, 3.63) is 24.3 Å². The molecule has 1 aromatic rings. The predicted octanol–water partition coefficient (Wildman–Crippen LogP) is 1.70. The Bertz CT molecular complexity index is 937. The summed E-state index contributed by atoms with van der Waals surface area (Å²) in [5.74, 6) is -1.35. The van der Waals surface area contributed by atoms with Crippen LogP contribution in [0.5, 0.6) is 5.75 Å². The molecular weight excluding hydrogens is 438 g/mol. The Labute approximate surface area is 200 Å². The van der Waals surface area contributed by atoms with Crippen LogP contribution in [-0.2, 0) is 19.1 Å². The number of hydrogen-bond acceptors (Lipinski definition) is 6. The first-order chi connectivity index (χ1) is 16.3. The third kappa shape index (κ3) is 3.94. The van der Waals surface area contributed by atoms with Gasteiger partial charge >= 0.3 is 0 Å². The molecule has 3 aliphatic rings. The van der Waals surface area contributed by atoms with Crippen LogP contribution in [-0.4, -0.2) is 72.3 Å². The minimum Gasteiger partial charge on any atom is -0.497 e. The molecule has 3 fully saturated rings. The minimum atomic E-state index is -1.02. The lowest BCUT2D eigenvalue weighted by Gasteiger charge is -2.33. The van der Waals surface area contributed by atoms with Crippen LogP contribution in [0.3, 0.4) is 0 Å². The smallest absolute Gasteiger partial charge is 0.250 e. The molecule has 1 spiro atoms. The largest absolute Gasteiger partial charge is 0.497 e. The van der Waals surface area contributed by atoms with Gasteiger partial charge in [-0.05, 0) is 56.9 Å². The number of hydrogen-bond donors (Lipinski definition) is 3. The summed E-state index contributed by atoms with van der Waals surface area (Å²) in [4.78, 5) is 41.9. The Morgan fingerprint density at radius 3 is 2.50 bits per heavy atom. The molecule has 34 heavy (non-hydrogen) atoms. The molecule has 3 heterocycles. The number of ether oxygens (including phenoxy) is 2. The summed E-state index contributed by atoms with van der Waals surface area (Å²) in [5, 5.41) is 14.7. The molecule has 9 nitrogen and oxygen atoms in total. The molecule has 9 heteroatoms. The zero-order valence-corrected chi connectivity index (χ0v) is 20.1. The van der Waals surface area contributed by atoms with Gasteiger partial charge in [0.2, 0.25) is 17.7 Å². The summed E-state index contributed by atoms with van der Waals surface area (Å²) in [7, 11) is 3.14. The molecule has 3 saturated heterocycles. The third-order valence-electron chi connectivity index (χ3n) is 7.72. The van der Waals surface area contributed by atoms with E-state index in [4.69, 9.17) is 14.6 Å². The van der Waals surface area contributed by atoms with E-state index in [-0.39, 0.29) is 24.3 Å². The van der Waals surface area contributed by atoms with Crippen molar-refractivity contribution in [2.75, 3.05) is 32.6 Å². The van der Waals surface area contributed by atoms with Crippen LogP contribution in [0.2, 0.25) is 0 Å². The number of amides is 3. The Balaban J connectivity index is 1.63. The first-order valence-corrected chi connectivity index (χ1v) is 12.1. The van der Waals surface area contributed by atoms with E-state index < -0.39 is 29.1 Å². The molecule has 0 aromatic heterocycles. The van der Waals surface area contributed by atoms with Crippen LogP contribution in [0.1, 0.15) is 45.4 Å². The standard InChI is InChI=1S/C25H35N3O6/c1-24-12-13-25(34-24)19(18(24)21(30)26-2)23(32)28(14-6-4-5-7-15-29)20(25)22(31)27-16-8-10-17(33-3)11-9-16/h8-11,18-20,29H,4-7,12-15H2,1-3H3,(H,26,30)(H,27,31)/t18-,19+,20?,24+,25?/m1/s1. The SMILES string of the molecule is CNC(=O)[C@H]1[C@H]2C(=O)N(CCCCCCO)C(C(=O)Nc3ccc(OC)cc3)C23CC[C@]1(C)O3. The number of carbonyl (C=O) groups is 3. The van der Waals surface area contributed by atoms with Gasteiger partial charge in [0.15, 0.2) is 0 Å². The van der Waals surface area contributed by atoms with E-state index >= 15 is 0 Å². The molecule has 0 radical (unpaired) electrons. The highest BCUT2D eigenvalue weighted by Crippen LogP contribution is 2.63. The second kappa shape index (κ2) is 9.54. The Hall–Kier alpha value is -2.65. The fourth-order valence-electron chi connectivity index (χ4n) is 6.16. The molecule has 186 valence electrons. The summed E-state index contributed by atoms with van der Waals surface area (Å²) < 4.78 is 11.7. The number of likely N-dealkylation sites (tertiary alicyclic amines) is 1. The highest BCUT2D eigenvalue weighted by molar-refractivity contribution is 6.03. The van der Waals surface area contributed by atoms with E-state index in [2.05, 4.69) is 10.6 Å². The van der Waals surface area contributed by atoms with Crippen LogP contribution < -0.4 is 15.4 Å². The van der Waals surface area contributed by atoms with Gasteiger partial charge in [-0.25, -0.2) is 0 Å². The number of anilines is 1. The van der Waals surface area contributed by atoms with Crippen LogP contribution in [0.15, 0.2) is 24.3 Å². The van der Waals surface area contributed by atoms with Crippen molar-refractivity contribution in [2.24, 2.45) is 11.8 Å². The maximum absolute atomic E-state index is 13.7. The molecule has 0 aliphatic carbocycles. The molecule has 2 unspecified atom stereocenters. The number of nitrogens with one attached hydrogen (secondary N) is 2. The van der Waals surface area contributed by atoms with Gasteiger partial charge in [0, 0.05) is 25.9 Å². The number of aliphatic hydroxyl groups excluding tert-OH is 1. The molecule has 1 aromatic carbocycles. The van der Waals surface area contributed by atoms with Gasteiger partial charge in [-0.15, -0.1) is 0 Å². The fourth-order valence-corrected chi connectivity index (χ4v) is 6.16. The van der Waals surface area contributed by atoms with Crippen molar-refractivity contribution in [2.45, 2.75) is 62.7 Å². The molecule has 5 atom stereocenters. The molecule has 2 bridgehead atoms. The maximum atomic E-state index is 13.7. The first kappa shape index (κ1) is 24.5. The molecule has 3 amide bonds. The van der Waals surface area contributed by atoms with Crippen LogP contribution in [0.4, 0.5) is 5.69 Å². The van der Waals surface area contributed by atoms with E-state index in [9.17, 15) is 14.4 Å². The summed E-state index contributed by atoms with van der Waals surface area (Å²) in [5.41, 5.74) is -1.20. The normalized spacial score (nSPS) is 31.5. The van der Waals surface area contributed by atoms with Gasteiger partial charge < -0.3 is 30.1 Å². The molecular formula is C25H35N3O6. The van der Waals surface area contributed by atoms with Gasteiger partial charge in [-0.3, -0.25) is 14.4 Å². The van der Waals surface area contributed by atoms with Gasteiger partial charge in [0.25, 0.3) is 0 Å². The summed E-state index contributed by atoms with van der Waals surface area (Å²) >= 11 is 0. The highest BCUT2D eigenvalue weighted by atomic mass is 16.5. The highest BCUT2D eigenvalue weighted by Gasteiger charge is 2.77. The van der Waals surface area contributed by atoms with Crippen LogP contribution in [0, 0.1) is 11.8 Å². The number of carbonyl (C=O) groups excluding carboxylic acids is 3. The van der Waals surface area contributed by atoms with E-state index in [0.717, 1.165) is 12.8 Å². The first-order valence-electron chi connectivity index (χ1n) is 12.1. The lowest BCUT2D eigenvalue weighted by molar-refractivity contribution is -0.144. The number of fused-ring (bicyclic) bond motifs is 1. The van der Waals surface area contributed by atoms with E-state index in [1.807, 2.05) is 6.92 Å². The predicted molar refractivity (Wildman–Crippen MR) is 125 cm³/mol. The van der Waals surface area contributed by atoms with Gasteiger partial charge in [0.1, 0.15) is 17.4 Å². The lowest BCUT2D eigenvalue weighted by atomic mass is 9.66. The Morgan fingerprint density at radius 1 is 1.15 bits per heavy atom. The van der Waals surface area contributed by atoms with E-state index in [0.29, 0.717) is 43.7 Å². The van der Waals surface area contributed by atoms with Gasteiger partial charge in [-0.2, -0.15) is 0 Å². The average molecular weight is 474 g/mol. The summed E-state index contributed by atoms with van der Waals surface area (Å²) in [6, 6.07) is 6.21. The number of benzene rings is 1. The number of nitrogens with zero attached hydrogens (tertiary/aromatic N) is 1. The van der Waals surface area contributed by atoms with Crippen molar-refractivity contribution in [1.29, 1.82) is 0 Å². The van der Waals surface area contributed by atoms with Crippen molar-refractivity contribution in [3.8, 4) is 5.75 Å². The minimum absolute atomic E-state index is 0.140. The summed E-state index contributed by atoms with van der Waals surface area (Å²) in [6.07, 6.45) is 4.28. The summed E-state index contributed by atoms with van der Waals surface area (Å²) in [6.45, 7) is 2.43. The molecule has 0 saturated carbocycles. The Morgan fingerprint density at radius 2 is 1.85 bits per heavy atom.